The van der Waals surface area contributed by atoms with E-state index in [9.17, 15) is 4.79 Å². The van der Waals surface area contributed by atoms with Crippen LogP contribution in [0.2, 0.25) is 5.02 Å². The van der Waals surface area contributed by atoms with Gasteiger partial charge in [-0.15, -0.1) is 11.8 Å². The maximum absolute atomic E-state index is 12.2. The Hall–Kier alpha value is -2.31. The number of nitrogens with one attached hydrogen (secondary N) is 1. The van der Waals surface area contributed by atoms with Crippen LogP contribution in [0.15, 0.2) is 64.0 Å². The van der Waals surface area contributed by atoms with Crippen LogP contribution < -0.4 is 5.32 Å². The third-order valence-corrected chi connectivity index (χ3v) is 4.86. The van der Waals surface area contributed by atoms with Crippen molar-refractivity contribution in [3.05, 3.63) is 65.5 Å². The zero-order valence-electron chi connectivity index (χ0n) is 13.5. The van der Waals surface area contributed by atoms with Gasteiger partial charge in [-0.3, -0.25) is 4.79 Å². The predicted molar refractivity (Wildman–Crippen MR) is 98.4 cm³/mol. The van der Waals surface area contributed by atoms with Gasteiger partial charge in [0.15, 0.2) is 0 Å². The Kier molecular flexibility index (Phi) is 5.73. The topological polar surface area (TPSA) is 68.0 Å². The van der Waals surface area contributed by atoms with Crippen LogP contribution in [0.3, 0.4) is 0 Å². The van der Waals surface area contributed by atoms with Crippen molar-refractivity contribution in [3.63, 3.8) is 0 Å². The lowest BCUT2D eigenvalue weighted by Gasteiger charge is -2.10. The average Bonchev–Trinajstić information content (AvgIpc) is 3.09. The highest BCUT2D eigenvalue weighted by atomic mass is 35.5. The van der Waals surface area contributed by atoms with Crippen molar-refractivity contribution in [2.45, 2.75) is 23.6 Å². The van der Waals surface area contributed by atoms with Crippen LogP contribution in [0.1, 0.15) is 12.8 Å². The van der Waals surface area contributed by atoms with Crippen molar-refractivity contribution in [3.8, 4) is 11.4 Å². The summed E-state index contributed by atoms with van der Waals surface area (Å²) in [6.45, 7) is 2.03. The molecule has 0 radical (unpaired) electrons. The number of amides is 1. The van der Waals surface area contributed by atoms with Crippen molar-refractivity contribution in [1.82, 2.24) is 15.5 Å². The van der Waals surface area contributed by atoms with E-state index in [1.54, 1.807) is 6.07 Å². The van der Waals surface area contributed by atoms with Crippen molar-refractivity contribution in [1.29, 1.82) is 0 Å². The van der Waals surface area contributed by atoms with E-state index in [1.807, 2.05) is 55.5 Å². The summed E-state index contributed by atoms with van der Waals surface area (Å²) in [6, 6.07) is 17.0. The monoisotopic (exact) mass is 373 g/mol. The Morgan fingerprint density at radius 2 is 1.92 bits per heavy atom. The molecule has 1 heterocycles. The zero-order valence-corrected chi connectivity index (χ0v) is 15.1. The summed E-state index contributed by atoms with van der Waals surface area (Å²) in [5.74, 6) is 0.646. The number of aromatic nitrogens is 2. The van der Waals surface area contributed by atoms with Crippen molar-refractivity contribution >= 4 is 29.3 Å². The molecule has 1 aromatic heterocycles. The number of halogens is 1. The van der Waals surface area contributed by atoms with Gasteiger partial charge in [0.2, 0.25) is 17.6 Å². The maximum atomic E-state index is 12.2. The lowest BCUT2D eigenvalue weighted by Crippen LogP contribution is -2.30. The fourth-order valence-electron chi connectivity index (χ4n) is 2.14. The third-order valence-electron chi connectivity index (χ3n) is 3.42. The van der Waals surface area contributed by atoms with Crippen LogP contribution in [0.5, 0.6) is 0 Å². The summed E-state index contributed by atoms with van der Waals surface area (Å²) in [7, 11) is 0. The first-order valence-corrected chi connectivity index (χ1v) is 8.96. The molecule has 1 N–H and O–H groups in total. The quantitative estimate of drug-likeness (QED) is 0.656. The molecular weight excluding hydrogens is 358 g/mol. The second kappa shape index (κ2) is 8.18. The van der Waals surface area contributed by atoms with Crippen molar-refractivity contribution < 1.29 is 9.32 Å². The molecule has 1 amide bonds. The predicted octanol–water partition coefficient (Wildman–Crippen LogP) is 4.19. The van der Waals surface area contributed by atoms with Gasteiger partial charge in [-0.2, -0.15) is 4.98 Å². The third kappa shape index (κ3) is 4.61. The number of rotatable bonds is 6. The lowest BCUT2D eigenvalue weighted by molar-refractivity contribution is -0.120. The minimum Gasteiger partial charge on any atom is -0.346 e. The summed E-state index contributed by atoms with van der Waals surface area (Å²) >= 11 is 7.61. The number of hydrogen-bond acceptors (Lipinski definition) is 5. The summed E-state index contributed by atoms with van der Waals surface area (Å²) in [5.41, 5.74) is 0.693. The first-order chi connectivity index (χ1) is 12.1. The smallest absolute Gasteiger partial charge is 0.246 e. The Bertz CT molecular complexity index is 854. The molecule has 5 nitrogen and oxygen atoms in total. The highest BCUT2D eigenvalue weighted by molar-refractivity contribution is 8.00. The van der Waals surface area contributed by atoms with Crippen LogP contribution in [0, 0.1) is 0 Å². The molecule has 3 aromatic rings. The molecule has 0 bridgehead atoms. The first kappa shape index (κ1) is 17.5. The number of nitrogens with zero attached hydrogens (tertiary/aromatic N) is 2. The molecule has 0 saturated heterocycles. The maximum Gasteiger partial charge on any atom is 0.246 e. The number of carbonyl (C=O) groups is 1. The molecule has 25 heavy (non-hydrogen) atoms. The fourth-order valence-corrected chi connectivity index (χ4v) is 3.27. The molecule has 0 saturated carbocycles. The van der Waals surface area contributed by atoms with E-state index in [0.29, 0.717) is 22.3 Å². The molecule has 0 spiro atoms. The Balaban J connectivity index is 1.57. The largest absolute Gasteiger partial charge is 0.346 e. The molecule has 128 valence electrons. The van der Waals surface area contributed by atoms with Crippen LogP contribution in [-0.4, -0.2) is 21.3 Å². The van der Waals surface area contributed by atoms with E-state index < -0.39 is 0 Å². The van der Waals surface area contributed by atoms with Gasteiger partial charge in [-0.05, 0) is 31.2 Å². The van der Waals surface area contributed by atoms with E-state index in [0.717, 1.165) is 4.90 Å². The van der Waals surface area contributed by atoms with Crippen LogP contribution >= 0.6 is 23.4 Å². The van der Waals surface area contributed by atoms with E-state index in [4.69, 9.17) is 16.1 Å². The molecule has 0 fully saturated rings. The minimum absolute atomic E-state index is 0.0913. The summed E-state index contributed by atoms with van der Waals surface area (Å²) in [6.07, 6.45) is 0. The van der Waals surface area contributed by atoms with Gasteiger partial charge in [0.25, 0.3) is 0 Å². The molecule has 0 aliphatic carbocycles. The van der Waals surface area contributed by atoms with Gasteiger partial charge in [0.1, 0.15) is 0 Å². The second-order valence-electron chi connectivity index (χ2n) is 5.28. The van der Waals surface area contributed by atoms with Crippen LogP contribution in [-0.2, 0) is 11.3 Å². The molecular formula is C18H16ClN3O2S. The summed E-state index contributed by atoms with van der Waals surface area (Å²) < 4.78 is 5.18. The molecule has 2 aromatic carbocycles. The first-order valence-electron chi connectivity index (χ1n) is 7.70. The van der Waals surface area contributed by atoms with Gasteiger partial charge < -0.3 is 9.84 Å². The minimum atomic E-state index is -0.228. The molecule has 0 unspecified atom stereocenters. The fraction of sp³-hybridized carbons (Fsp3) is 0.167. The lowest BCUT2D eigenvalue weighted by atomic mass is 10.2. The van der Waals surface area contributed by atoms with Gasteiger partial charge >= 0.3 is 0 Å². The molecule has 7 heteroatoms. The Morgan fingerprint density at radius 3 is 2.68 bits per heavy atom. The van der Waals surface area contributed by atoms with Crippen molar-refractivity contribution in [2.75, 3.05) is 0 Å². The van der Waals surface area contributed by atoms with Gasteiger partial charge in [0.05, 0.1) is 16.8 Å². The van der Waals surface area contributed by atoms with Crippen molar-refractivity contribution in [2.24, 2.45) is 0 Å². The SMILES string of the molecule is C[C@@H](Sc1ccccc1)C(=O)NCc1nc(-c2ccccc2Cl)no1. The molecule has 0 aliphatic heterocycles. The van der Waals surface area contributed by atoms with Gasteiger partial charge in [0, 0.05) is 10.5 Å². The second-order valence-corrected chi connectivity index (χ2v) is 7.10. The summed E-state index contributed by atoms with van der Waals surface area (Å²) in [4.78, 5) is 17.5. The molecule has 0 aliphatic rings. The summed E-state index contributed by atoms with van der Waals surface area (Å²) in [5, 5.41) is 7.04. The molecule has 1 atom stereocenters. The highest BCUT2D eigenvalue weighted by Crippen LogP contribution is 2.25. The average molecular weight is 374 g/mol. The number of hydrogen-bond donors (Lipinski definition) is 1. The van der Waals surface area contributed by atoms with E-state index >= 15 is 0 Å². The normalized spacial score (nSPS) is 11.9. The standard InChI is InChI=1S/C18H16ClN3O2S/c1-12(25-13-7-3-2-4-8-13)18(23)20-11-16-21-17(22-24-16)14-9-5-6-10-15(14)19/h2-10,12H,11H2,1H3,(H,20,23)/t12-/m1/s1. The Labute approximate surface area is 154 Å². The van der Waals surface area contributed by atoms with E-state index in [2.05, 4.69) is 15.5 Å². The molecule has 3 rings (SSSR count). The zero-order chi connectivity index (χ0) is 17.6. The number of carbonyl (C=O) groups excluding carboxylic acids is 1. The highest BCUT2D eigenvalue weighted by Gasteiger charge is 2.16. The van der Waals surface area contributed by atoms with Gasteiger partial charge in [-0.1, -0.05) is 47.1 Å². The van der Waals surface area contributed by atoms with Crippen LogP contribution in [0.25, 0.3) is 11.4 Å². The van der Waals surface area contributed by atoms with E-state index in [-0.39, 0.29) is 17.7 Å². The Morgan fingerprint density at radius 1 is 1.20 bits per heavy atom. The van der Waals surface area contributed by atoms with Gasteiger partial charge in [-0.25, -0.2) is 0 Å². The van der Waals surface area contributed by atoms with E-state index in [1.165, 1.54) is 11.8 Å². The number of thioether (sulfide) groups is 1. The van der Waals surface area contributed by atoms with Crippen LogP contribution in [0.4, 0.5) is 0 Å². The number of benzene rings is 2.